The third-order valence-corrected chi connectivity index (χ3v) is 1.65. The largest absolute Gasteiger partial charge is 0.298 e. The first kappa shape index (κ1) is 7.26. The second kappa shape index (κ2) is 4.04. The maximum absolute atomic E-state index is 10.3. The lowest BCUT2D eigenvalue weighted by molar-refractivity contribution is -0.105. The molecule has 0 spiro atoms. The highest BCUT2D eigenvalue weighted by Gasteiger charge is 1.93. The lowest BCUT2D eigenvalue weighted by Gasteiger charge is -1.98. The molecule has 0 bridgehead atoms. The molecule has 1 aliphatic rings. The maximum Gasteiger partial charge on any atom is 0.146 e. The molecule has 0 saturated heterocycles. The lowest BCUT2D eigenvalue weighted by atomic mass is 10.1. The summed E-state index contributed by atoms with van der Waals surface area (Å²) >= 11 is 0. The molecule has 0 saturated carbocycles. The summed E-state index contributed by atoms with van der Waals surface area (Å²) in [5.41, 5.74) is 0.927. The Bertz CT molecular complexity index is 166. The van der Waals surface area contributed by atoms with E-state index in [0.29, 0.717) is 0 Å². The van der Waals surface area contributed by atoms with Crippen LogP contribution >= 0.6 is 0 Å². The van der Waals surface area contributed by atoms with Gasteiger partial charge in [0.2, 0.25) is 0 Å². The van der Waals surface area contributed by atoms with Crippen molar-refractivity contribution in [3.05, 3.63) is 23.8 Å². The van der Waals surface area contributed by atoms with Crippen LogP contribution < -0.4 is 0 Å². The summed E-state index contributed by atoms with van der Waals surface area (Å²) in [5.74, 6) is 0. The first-order valence-electron chi connectivity index (χ1n) is 3.72. The molecule has 0 aromatic carbocycles. The van der Waals surface area contributed by atoms with Crippen LogP contribution in [0.3, 0.4) is 0 Å². The Morgan fingerprint density at radius 2 is 2.20 bits per heavy atom. The van der Waals surface area contributed by atoms with Gasteiger partial charge < -0.3 is 0 Å². The zero-order chi connectivity index (χ0) is 7.23. The van der Waals surface area contributed by atoms with Crippen molar-refractivity contribution < 1.29 is 4.79 Å². The van der Waals surface area contributed by atoms with Crippen molar-refractivity contribution in [2.24, 2.45) is 0 Å². The number of carbonyl (C=O) groups excluding carboxylic acids is 1. The Hall–Kier alpha value is -0.850. The molecule has 0 aliphatic heterocycles. The number of rotatable bonds is 1. The number of hydrogen-bond acceptors (Lipinski definition) is 1. The zero-order valence-corrected chi connectivity index (χ0v) is 6.05. The van der Waals surface area contributed by atoms with Gasteiger partial charge in [-0.3, -0.25) is 4.79 Å². The van der Waals surface area contributed by atoms with Crippen LogP contribution in [-0.2, 0) is 4.79 Å². The summed E-state index contributed by atoms with van der Waals surface area (Å²) in [6.45, 7) is 0. The van der Waals surface area contributed by atoms with Crippen molar-refractivity contribution in [2.45, 2.75) is 25.7 Å². The van der Waals surface area contributed by atoms with Gasteiger partial charge in [0, 0.05) is 0 Å². The Morgan fingerprint density at radius 3 is 3.00 bits per heavy atom. The third-order valence-electron chi connectivity index (χ3n) is 1.65. The summed E-state index contributed by atoms with van der Waals surface area (Å²) in [5, 5.41) is 0. The van der Waals surface area contributed by atoms with Crippen LogP contribution in [0, 0.1) is 0 Å². The Balaban J connectivity index is 2.53. The summed E-state index contributed by atoms with van der Waals surface area (Å²) in [4.78, 5) is 10.3. The van der Waals surface area contributed by atoms with Gasteiger partial charge in [0.25, 0.3) is 0 Å². The lowest BCUT2D eigenvalue weighted by Crippen LogP contribution is -1.85. The van der Waals surface area contributed by atoms with Gasteiger partial charge in [-0.05, 0) is 31.3 Å². The average molecular weight is 136 g/mol. The molecule has 0 unspecified atom stereocenters. The van der Waals surface area contributed by atoms with Crippen LogP contribution in [0.2, 0.25) is 0 Å². The Labute approximate surface area is 61.4 Å². The minimum absolute atomic E-state index is 0.823. The average Bonchev–Trinajstić information content (AvgIpc) is 1.87. The molecule has 0 aromatic rings. The summed E-state index contributed by atoms with van der Waals surface area (Å²) in [7, 11) is 0. The van der Waals surface area contributed by atoms with Crippen LogP contribution in [0.4, 0.5) is 0 Å². The second-order valence-electron chi connectivity index (χ2n) is 2.50. The van der Waals surface area contributed by atoms with E-state index < -0.39 is 0 Å². The summed E-state index contributed by atoms with van der Waals surface area (Å²) in [6, 6.07) is 0. The molecule has 1 heteroatoms. The standard InChI is InChI=1S/C9H12O/c10-8-9-6-4-2-1-3-5-7-9/h2,4,7-8H,1,3,5-6H2/b4-2-,9-7+. The zero-order valence-electron chi connectivity index (χ0n) is 6.05. The number of hydrogen-bond donors (Lipinski definition) is 0. The van der Waals surface area contributed by atoms with Gasteiger partial charge >= 0.3 is 0 Å². The minimum atomic E-state index is 0.823. The van der Waals surface area contributed by atoms with E-state index in [4.69, 9.17) is 0 Å². The molecule has 0 fully saturated rings. The van der Waals surface area contributed by atoms with Gasteiger partial charge in [0.1, 0.15) is 6.29 Å². The van der Waals surface area contributed by atoms with Crippen molar-refractivity contribution in [3.8, 4) is 0 Å². The quantitative estimate of drug-likeness (QED) is 0.399. The van der Waals surface area contributed by atoms with Crippen molar-refractivity contribution >= 4 is 6.29 Å². The highest BCUT2D eigenvalue weighted by atomic mass is 16.1. The van der Waals surface area contributed by atoms with E-state index in [1.54, 1.807) is 0 Å². The van der Waals surface area contributed by atoms with Crippen molar-refractivity contribution in [1.82, 2.24) is 0 Å². The predicted molar refractivity (Wildman–Crippen MR) is 41.8 cm³/mol. The van der Waals surface area contributed by atoms with E-state index in [1.165, 1.54) is 6.42 Å². The molecule has 0 heterocycles. The van der Waals surface area contributed by atoms with Gasteiger partial charge in [-0.2, -0.15) is 0 Å². The van der Waals surface area contributed by atoms with Crippen LogP contribution in [0.1, 0.15) is 25.7 Å². The monoisotopic (exact) mass is 136 g/mol. The van der Waals surface area contributed by atoms with Gasteiger partial charge in [-0.1, -0.05) is 18.2 Å². The molecule has 0 N–H and O–H groups in total. The highest BCUT2D eigenvalue weighted by Crippen LogP contribution is 2.08. The van der Waals surface area contributed by atoms with Gasteiger partial charge in [0.15, 0.2) is 0 Å². The Kier molecular flexibility index (Phi) is 2.94. The molecule has 10 heavy (non-hydrogen) atoms. The first-order chi connectivity index (χ1) is 4.93. The van der Waals surface area contributed by atoms with E-state index in [9.17, 15) is 4.79 Å². The second-order valence-corrected chi connectivity index (χ2v) is 2.50. The van der Waals surface area contributed by atoms with E-state index in [0.717, 1.165) is 31.1 Å². The molecule has 54 valence electrons. The van der Waals surface area contributed by atoms with Crippen molar-refractivity contribution in [3.63, 3.8) is 0 Å². The maximum atomic E-state index is 10.3. The predicted octanol–water partition coefficient (Wildman–Crippen LogP) is 2.24. The topological polar surface area (TPSA) is 17.1 Å². The Morgan fingerprint density at radius 1 is 1.30 bits per heavy atom. The molecule has 0 radical (unpaired) electrons. The molecule has 0 atom stereocenters. The van der Waals surface area contributed by atoms with Crippen LogP contribution in [0.5, 0.6) is 0 Å². The fraction of sp³-hybridized carbons (Fsp3) is 0.444. The van der Waals surface area contributed by atoms with Crippen molar-refractivity contribution in [1.29, 1.82) is 0 Å². The molecule has 1 rings (SSSR count). The normalized spacial score (nSPS) is 27.4. The van der Waals surface area contributed by atoms with Gasteiger partial charge in [-0.15, -0.1) is 0 Å². The van der Waals surface area contributed by atoms with Crippen LogP contribution in [0.25, 0.3) is 0 Å². The van der Waals surface area contributed by atoms with Gasteiger partial charge in [0.05, 0.1) is 0 Å². The SMILES string of the molecule is O=C/C1=C/CCC/C=C\C1. The molecular formula is C9H12O. The van der Waals surface area contributed by atoms with E-state index in [2.05, 4.69) is 12.2 Å². The molecule has 0 amide bonds. The number of allylic oxidation sites excluding steroid dienone is 4. The highest BCUT2D eigenvalue weighted by molar-refractivity contribution is 5.73. The molecule has 1 aliphatic carbocycles. The smallest absolute Gasteiger partial charge is 0.146 e. The fourth-order valence-electron chi connectivity index (χ4n) is 1.04. The molecular weight excluding hydrogens is 124 g/mol. The van der Waals surface area contributed by atoms with Crippen LogP contribution in [-0.4, -0.2) is 6.29 Å². The fourth-order valence-corrected chi connectivity index (χ4v) is 1.04. The third kappa shape index (κ3) is 2.18. The summed E-state index contributed by atoms with van der Waals surface area (Å²) < 4.78 is 0. The van der Waals surface area contributed by atoms with Crippen LogP contribution in [0.15, 0.2) is 23.8 Å². The molecule has 1 nitrogen and oxygen atoms in total. The van der Waals surface area contributed by atoms with E-state index in [1.807, 2.05) is 6.08 Å². The molecule has 0 aromatic heterocycles. The number of aldehydes is 1. The minimum Gasteiger partial charge on any atom is -0.298 e. The first-order valence-corrected chi connectivity index (χ1v) is 3.72. The number of carbonyl (C=O) groups is 1. The summed E-state index contributed by atoms with van der Waals surface area (Å²) in [6.07, 6.45) is 11.4. The van der Waals surface area contributed by atoms with E-state index >= 15 is 0 Å². The van der Waals surface area contributed by atoms with Crippen molar-refractivity contribution in [2.75, 3.05) is 0 Å². The van der Waals surface area contributed by atoms with E-state index in [-0.39, 0.29) is 0 Å². The van der Waals surface area contributed by atoms with Gasteiger partial charge in [-0.25, -0.2) is 0 Å².